The van der Waals surface area contributed by atoms with Gasteiger partial charge in [0.2, 0.25) is 5.88 Å². The van der Waals surface area contributed by atoms with E-state index in [0.717, 1.165) is 21.3 Å². The van der Waals surface area contributed by atoms with Gasteiger partial charge in [-0.15, -0.1) is 0 Å². The Bertz CT molecular complexity index is 622. The van der Waals surface area contributed by atoms with Gasteiger partial charge in [0.15, 0.2) is 10.3 Å². The van der Waals surface area contributed by atoms with Crippen LogP contribution < -0.4 is 15.0 Å². The molecule has 0 spiro atoms. The first kappa shape index (κ1) is 16.1. The highest BCUT2D eigenvalue weighted by molar-refractivity contribution is 7.15. The average molecular weight is 347 g/mol. The summed E-state index contributed by atoms with van der Waals surface area (Å²) in [5, 5.41) is 4.90. The number of methoxy groups -OCH3 is 1. The number of hydrogen-bond donors (Lipinski definition) is 1. The topological polar surface area (TPSA) is 50.3 Å². The molecule has 2 rings (SSSR count). The van der Waals surface area contributed by atoms with Gasteiger partial charge in [-0.05, 0) is 18.6 Å². The molecule has 0 radical (unpaired) electrons. The van der Waals surface area contributed by atoms with Crippen molar-refractivity contribution in [3.05, 3.63) is 26.8 Å². The molecular weight excluding hydrogens is 331 g/mol. The van der Waals surface area contributed by atoms with E-state index in [2.05, 4.69) is 15.3 Å². The molecule has 0 unspecified atom stereocenters. The highest BCUT2D eigenvalue weighted by Crippen LogP contribution is 2.32. The third kappa shape index (κ3) is 3.70. The second-order valence-corrected chi connectivity index (χ2v) is 6.41. The first-order chi connectivity index (χ1) is 9.92. The van der Waals surface area contributed by atoms with E-state index in [4.69, 9.17) is 27.9 Å². The fourth-order valence-electron chi connectivity index (χ4n) is 1.76. The largest absolute Gasteiger partial charge is 0.480 e. The van der Waals surface area contributed by atoms with Crippen LogP contribution in [0, 0.1) is 6.92 Å². The Kier molecular flexibility index (Phi) is 5.13. The Morgan fingerprint density at radius 1 is 1.33 bits per heavy atom. The summed E-state index contributed by atoms with van der Waals surface area (Å²) in [6.07, 6.45) is 0. The highest BCUT2D eigenvalue weighted by atomic mass is 35.5. The molecule has 0 aliphatic carbocycles. The van der Waals surface area contributed by atoms with Crippen molar-refractivity contribution in [1.82, 2.24) is 9.97 Å². The molecule has 0 aliphatic heterocycles. The van der Waals surface area contributed by atoms with Crippen molar-refractivity contribution < 1.29 is 4.74 Å². The minimum atomic E-state index is 0.358. The van der Waals surface area contributed by atoms with Crippen molar-refractivity contribution in [2.75, 3.05) is 31.4 Å². The molecule has 5 nitrogen and oxygen atoms in total. The van der Waals surface area contributed by atoms with E-state index in [1.165, 1.54) is 0 Å². The number of pyridine rings is 1. The van der Waals surface area contributed by atoms with Crippen LogP contribution in [-0.2, 0) is 6.54 Å². The van der Waals surface area contributed by atoms with Crippen molar-refractivity contribution in [2.45, 2.75) is 13.5 Å². The maximum Gasteiger partial charge on any atom is 0.231 e. The molecule has 0 amide bonds. The van der Waals surface area contributed by atoms with Gasteiger partial charge in [0.25, 0.3) is 0 Å². The second-order valence-electron chi connectivity index (χ2n) is 4.60. The van der Waals surface area contributed by atoms with Crippen LogP contribution in [0.3, 0.4) is 0 Å². The summed E-state index contributed by atoms with van der Waals surface area (Å²) < 4.78 is 5.31. The Morgan fingerprint density at radius 3 is 2.62 bits per heavy atom. The van der Waals surface area contributed by atoms with E-state index in [1.54, 1.807) is 24.5 Å². The van der Waals surface area contributed by atoms with Gasteiger partial charge < -0.3 is 15.0 Å². The Labute approximate surface area is 137 Å². The number of thiazole rings is 1. The van der Waals surface area contributed by atoms with Crippen molar-refractivity contribution in [1.29, 1.82) is 0 Å². The Morgan fingerprint density at radius 2 is 2.05 bits per heavy atom. The van der Waals surface area contributed by atoms with Crippen molar-refractivity contribution in [3.63, 3.8) is 0 Å². The number of nitrogens with zero attached hydrogens (tertiary/aromatic N) is 3. The number of halogens is 2. The van der Waals surface area contributed by atoms with Gasteiger partial charge in [-0.3, -0.25) is 0 Å². The number of hydrogen-bond acceptors (Lipinski definition) is 6. The van der Waals surface area contributed by atoms with Gasteiger partial charge >= 0.3 is 0 Å². The van der Waals surface area contributed by atoms with E-state index in [1.807, 2.05) is 25.9 Å². The molecule has 0 aromatic carbocycles. The van der Waals surface area contributed by atoms with Crippen LogP contribution in [0.25, 0.3) is 0 Å². The van der Waals surface area contributed by atoms with Crippen molar-refractivity contribution >= 4 is 45.4 Å². The zero-order valence-electron chi connectivity index (χ0n) is 12.2. The quantitative estimate of drug-likeness (QED) is 0.833. The lowest BCUT2D eigenvalue weighted by Crippen LogP contribution is -2.07. The van der Waals surface area contributed by atoms with Crippen LogP contribution in [0.15, 0.2) is 6.07 Å². The molecule has 0 fully saturated rings. The number of nitrogens with one attached hydrogen (secondary N) is 1. The molecule has 0 aliphatic rings. The molecular formula is C13H16Cl2N4OS. The van der Waals surface area contributed by atoms with Crippen LogP contribution in [0.2, 0.25) is 10.3 Å². The number of aryl methyl sites for hydroxylation is 1. The van der Waals surface area contributed by atoms with Gasteiger partial charge in [0.05, 0.1) is 24.2 Å². The standard InChI is InChI=1S/C13H16Cl2N4OS/c1-7-5-9(14)17-11(15)10(7)16-6-8-12(20-4)18-13(21-8)19(2)3/h5,16H,6H2,1-4H3. The fourth-order valence-corrected chi connectivity index (χ4v) is 3.26. The minimum Gasteiger partial charge on any atom is -0.480 e. The lowest BCUT2D eigenvalue weighted by atomic mass is 10.2. The average Bonchev–Trinajstić information content (AvgIpc) is 2.81. The number of anilines is 2. The third-order valence-corrected chi connectivity index (χ3v) is 4.46. The summed E-state index contributed by atoms with van der Waals surface area (Å²) in [5.74, 6) is 0.617. The summed E-state index contributed by atoms with van der Waals surface area (Å²) in [6.45, 7) is 2.48. The molecule has 2 aromatic heterocycles. The van der Waals surface area contributed by atoms with Crippen molar-refractivity contribution in [3.8, 4) is 5.88 Å². The summed E-state index contributed by atoms with van der Waals surface area (Å²) >= 11 is 13.6. The van der Waals surface area contributed by atoms with Crippen LogP contribution in [0.5, 0.6) is 5.88 Å². The van der Waals surface area contributed by atoms with Gasteiger partial charge in [-0.25, -0.2) is 4.98 Å². The molecule has 0 atom stereocenters. The number of ether oxygens (including phenoxy) is 1. The Hall–Kier alpha value is -1.24. The van der Waals surface area contributed by atoms with Gasteiger partial charge in [-0.1, -0.05) is 34.5 Å². The van der Waals surface area contributed by atoms with Crippen LogP contribution in [0.1, 0.15) is 10.4 Å². The van der Waals surface area contributed by atoms with Crippen LogP contribution >= 0.6 is 34.5 Å². The van der Waals surface area contributed by atoms with Crippen LogP contribution in [-0.4, -0.2) is 31.2 Å². The van der Waals surface area contributed by atoms with Gasteiger partial charge in [-0.2, -0.15) is 4.98 Å². The van der Waals surface area contributed by atoms with E-state index in [-0.39, 0.29) is 0 Å². The summed E-state index contributed by atoms with van der Waals surface area (Å²) in [6, 6.07) is 1.77. The van der Waals surface area contributed by atoms with Crippen molar-refractivity contribution in [2.24, 2.45) is 0 Å². The SMILES string of the molecule is COc1nc(N(C)C)sc1CNc1c(C)cc(Cl)nc1Cl. The first-order valence-corrected chi connectivity index (χ1v) is 7.77. The summed E-state index contributed by atoms with van der Waals surface area (Å²) in [5.41, 5.74) is 1.71. The molecule has 0 saturated heterocycles. The summed E-state index contributed by atoms with van der Waals surface area (Å²) in [7, 11) is 5.50. The summed E-state index contributed by atoms with van der Waals surface area (Å²) in [4.78, 5) is 11.4. The normalized spacial score (nSPS) is 10.6. The third-order valence-electron chi connectivity index (χ3n) is 2.79. The predicted molar refractivity (Wildman–Crippen MR) is 89.3 cm³/mol. The Balaban J connectivity index is 2.20. The molecule has 2 aromatic rings. The van der Waals surface area contributed by atoms with Gasteiger partial charge in [0.1, 0.15) is 5.15 Å². The highest BCUT2D eigenvalue weighted by Gasteiger charge is 2.14. The lowest BCUT2D eigenvalue weighted by Gasteiger charge is -2.10. The van der Waals surface area contributed by atoms with E-state index >= 15 is 0 Å². The van der Waals surface area contributed by atoms with E-state index in [9.17, 15) is 0 Å². The fraction of sp³-hybridized carbons (Fsp3) is 0.385. The molecule has 1 N–H and O–H groups in total. The maximum atomic E-state index is 6.12. The second kappa shape index (κ2) is 6.68. The molecule has 0 bridgehead atoms. The lowest BCUT2D eigenvalue weighted by molar-refractivity contribution is 0.397. The first-order valence-electron chi connectivity index (χ1n) is 6.20. The predicted octanol–water partition coefficient (Wildman–Crippen LogP) is 3.84. The van der Waals surface area contributed by atoms with E-state index < -0.39 is 0 Å². The van der Waals surface area contributed by atoms with Crippen LogP contribution in [0.4, 0.5) is 10.8 Å². The molecule has 0 saturated carbocycles. The number of rotatable bonds is 5. The smallest absolute Gasteiger partial charge is 0.231 e. The zero-order chi connectivity index (χ0) is 15.6. The monoisotopic (exact) mass is 346 g/mol. The molecule has 114 valence electrons. The molecule has 21 heavy (non-hydrogen) atoms. The van der Waals surface area contributed by atoms with E-state index in [0.29, 0.717) is 22.7 Å². The molecule has 8 heteroatoms. The zero-order valence-corrected chi connectivity index (χ0v) is 14.5. The molecule has 2 heterocycles. The minimum absolute atomic E-state index is 0.358. The number of aromatic nitrogens is 2. The maximum absolute atomic E-state index is 6.12. The van der Waals surface area contributed by atoms with Gasteiger partial charge in [0, 0.05) is 14.1 Å².